The van der Waals surface area contributed by atoms with Gasteiger partial charge in [0.25, 0.3) is 0 Å². The summed E-state index contributed by atoms with van der Waals surface area (Å²) in [5, 5.41) is 23.1. The molecular formula is C29H51N5O4S. The highest BCUT2D eigenvalue weighted by Crippen LogP contribution is 2.26. The van der Waals surface area contributed by atoms with Gasteiger partial charge in [-0.1, -0.05) is 44.2 Å². The summed E-state index contributed by atoms with van der Waals surface area (Å²) in [5.41, 5.74) is 0.507. The number of likely N-dealkylation sites (N-methyl/N-ethyl adjacent to an activating group) is 1. The predicted molar refractivity (Wildman–Crippen MR) is 161 cm³/mol. The van der Waals surface area contributed by atoms with Crippen LogP contribution in [-0.4, -0.2) is 89.3 Å². The Kier molecular flexibility index (Phi) is 14.3. The molecule has 1 rings (SSSR count). The number of aliphatic hydroxyl groups is 1. The van der Waals surface area contributed by atoms with Crippen LogP contribution in [0.15, 0.2) is 30.3 Å². The number of hydrogen-bond acceptors (Lipinski definition) is 6. The molecule has 0 bridgehead atoms. The minimum atomic E-state index is -1.04. The zero-order valence-corrected chi connectivity index (χ0v) is 26.1. The van der Waals surface area contributed by atoms with Gasteiger partial charge in [-0.25, -0.2) is 4.79 Å². The van der Waals surface area contributed by atoms with Crippen molar-refractivity contribution in [2.45, 2.75) is 89.8 Å². The Morgan fingerprint density at radius 3 is 2.15 bits per heavy atom. The first kappa shape index (κ1) is 34.7. The Morgan fingerprint density at radius 1 is 1.03 bits per heavy atom. The molecule has 222 valence electrons. The Morgan fingerprint density at radius 2 is 1.64 bits per heavy atom. The van der Waals surface area contributed by atoms with E-state index in [1.807, 2.05) is 71.2 Å². The van der Waals surface area contributed by atoms with E-state index in [0.717, 1.165) is 12.0 Å². The van der Waals surface area contributed by atoms with E-state index in [2.05, 4.69) is 35.1 Å². The zero-order chi connectivity index (χ0) is 29.8. The molecule has 0 radical (unpaired) electrons. The number of nitrogens with zero attached hydrogens (tertiary/aromatic N) is 1. The zero-order valence-electron chi connectivity index (χ0n) is 25.3. The average molecular weight is 566 g/mol. The number of benzene rings is 1. The van der Waals surface area contributed by atoms with Crippen LogP contribution < -0.4 is 21.3 Å². The first-order valence-electron chi connectivity index (χ1n) is 13.7. The van der Waals surface area contributed by atoms with Gasteiger partial charge >= 0.3 is 6.03 Å². The van der Waals surface area contributed by atoms with E-state index in [9.17, 15) is 19.5 Å². The fraction of sp³-hybridized carbons (Fsp3) is 0.690. The van der Waals surface area contributed by atoms with Crippen LogP contribution in [0.3, 0.4) is 0 Å². The first-order chi connectivity index (χ1) is 18.1. The van der Waals surface area contributed by atoms with Crippen molar-refractivity contribution < 1.29 is 19.5 Å². The molecule has 0 saturated carbocycles. The molecule has 10 heteroatoms. The summed E-state index contributed by atoms with van der Waals surface area (Å²) in [4.78, 5) is 40.8. The number of rotatable bonds is 15. The highest BCUT2D eigenvalue weighted by Gasteiger charge is 2.38. The van der Waals surface area contributed by atoms with E-state index >= 15 is 0 Å². The Hall–Kier alpha value is -2.30. The molecule has 39 heavy (non-hydrogen) atoms. The van der Waals surface area contributed by atoms with Crippen LogP contribution in [0.25, 0.3) is 0 Å². The van der Waals surface area contributed by atoms with Crippen molar-refractivity contribution in [3.8, 4) is 0 Å². The number of hydrogen-bond donors (Lipinski definition) is 5. The molecule has 0 fully saturated rings. The van der Waals surface area contributed by atoms with E-state index < -0.39 is 28.5 Å². The quantitative estimate of drug-likeness (QED) is 0.223. The van der Waals surface area contributed by atoms with Gasteiger partial charge in [0.1, 0.15) is 6.04 Å². The fourth-order valence-corrected chi connectivity index (χ4v) is 4.31. The van der Waals surface area contributed by atoms with Crippen LogP contribution in [0.1, 0.15) is 60.5 Å². The minimum Gasteiger partial charge on any atom is -0.389 e. The van der Waals surface area contributed by atoms with Gasteiger partial charge in [-0.3, -0.25) is 9.59 Å². The second kappa shape index (κ2) is 16.1. The summed E-state index contributed by atoms with van der Waals surface area (Å²) < 4.78 is -0.606. The lowest BCUT2D eigenvalue weighted by molar-refractivity contribution is -0.130. The van der Waals surface area contributed by atoms with Crippen molar-refractivity contribution in [1.82, 2.24) is 26.2 Å². The van der Waals surface area contributed by atoms with Crippen LogP contribution >= 0.6 is 11.8 Å². The lowest BCUT2D eigenvalue weighted by Gasteiger charge is -2.36. The Balaban J connectivity index is 3.27. The topological polar surface area (TPSA) is 123 Å². The van der Waals surface area contributed by atoms with E-state index in [-0.39, 0.29) is 30.9 Å². The normalized spacial score (nSPS) is 14.3. The third-order valence-electron chi connectivity index (χ3n) is 6.37. The second-order valence-corrected chi connectivity index (χ2v) is 13.5. The van der Waals surface area contributed by atoms with Gasteiger partial charge in [0.15, 0.2) is 0 Å². The molecule has 0 aliphatic rings. The standard InChI is InChI=1S/C29H51N5O4S/c1-20(2)15-16-34(27(38)33-28(3,4)5)19-23(35)22(17-21-13-11-10-12-14-21)31-26(37)25(29(6,7)39-9)32-24(36)18-30-8/h10-14,20,22-23,25,30,35H,15-19H2,1-9H3,(H,31,37)(H,32,36)(H,33,38)/t22-,23+,25+/m0/s1. The summed E-state index contributed by atoms with van der Waals surface area (Å²) in [7, 11) is 1.67. The molecule has 0 saturated heterocycles. The van der Waals surface area contributed by atoms with E-state index in [1.165, 1.54) is 11.8 Å². The molecule has 0 aromatic heterocycles. The number of carbonyl (C=O) groups is 3. The fourth-order valence-electron chi connectivity index (χ4n) is 3.91. The Bertz CT molecular complexity index is 905. The monoisotopic (exact) mass is 565 g/mol. The molecule has 9 nitrogen and oxygen atoms in total. The van der Waals surface area contributed by atoms with Crippen LogP contribution in [0, 0.1) is 5.92 Å². The van der Waals surface area contributed by atoms with E-state index in [4.69, 9.17) is 0 Å². The second-order valence-electron chi connectivity index (χ2n) is 12.0. The number of urea groups is 1. The average Bonchev–Trinajstić information content (AvgIpc) is 2.83. The van der Waals surface area contributed by atoms with Gasteiger partial charge < -0.3 is 31.3 Å². The van der Waals surface area contributed by atoms with E-state index in [1.54, 1.807) is 11.9 Å². The number of carbonyl (C=O) groups excluding carboxylic acids is 3. The molecule has 0 heterocycles. The Labute approximate surface area is 239 Å². The van der Waals surface area contributed by atoms with Crippen molar-refractivity contribution >= 4 is 29.6 Å². The van der Waals surface area contributed by atoms with Gasteiger partial charge in [0, 0.05) is 16.8 Å². The summed E-state index contributed by atoms with van der Waals surface area (Å²) in [5.74, 6) is -0.298. The highest BCUT2D eigenvalue weighted by atomic mass is 32.2. The van der Waals surface area contributed by atoms with Crippen molar-refractivity contribution in [2.75, 3.05) is 32.9 Å². The largest absolute Gasteiger partial charge is 0.389 e. The highest BCUT2D eigenvalue weighted by molar-refractivity contribution is 8.00. The van der Waals surface area contributed by atoms with Crippen molar-refractivity contribution in [3.63, 3.8) is 0 Å². The number of amides is 4. The van der Waals surface area contributed by atoms with Gasteiger partial charge in [-0.15, -0.1) is 0 Å². The third-order valence-corrected chi connectivity index (χ3v) is 7.66. The number of aliphatic hydroxyl groups excluding tert-OH is 1. The molecule has 0 aliphatic heterocycles. The smallest absolute Gasteiger partial charge is 0.317 e. The molecule has 1 aromatic carbocycles. The summed E-state index contributed by atoms with van der Waals surface area (Å²) in [6, 6.07) is 7.82. The van der Waals surface area contributed by atoms with Crippen molar-refractivity contribution in [2.24, 2.45) is 5.92 Å². The van der Waals surface area contributed by atoms with Crippen LogP contribution in [-0.2, 0) is 16.0 Å². The molecule has 4 amide bonds. The van der Waals surface area contributed by atoms with Crippen LogP contribution in [0.2, 0.25) is 0 Å². The lowest BCUT2D eigenvalue weighted by Crippen LogP contribution is -2.61. The van der Waals surface area contributed by atoms with E-state index in [0.29, 0.717) is 18.9 Å². The molecule has 0 aliphatic carbocycles. The van der Waals surface area contributed by atoms with Gasteiger partial charge in [0.05, 0.1) is 25.2 Å². The van der Waals surface area contributed by atoms with Crippen LogP contribution in [0.5, 0.6) is 0 Å². The van der Waals surface area contributed by atoms with Crippen molar-refractivity contribution in [3.05, 3.63) is 35.9 Å². The lowest BCUT2D eigenvalue weighted by atomic mass is 9.97. The van der Waals surface area contributed by atoms with Gasteiger partial charge in [0.2, 0.25) is 11.8 Å². The maximum atomic E-state index is 13.7. The van der Waals surface area contributed by atoms with Crippen LogP contribution in [0.4, 0.5) is 4.79 Å². The minimum absolute atomic E-state index is 0.0507. The molecular weight excluding hydrogens is 514 g/mol. The summed E-state index contributed by atoms with van der Waals surface area (Å²) >= 11 is 1.47. The molecule has 5 N–H and O–H groups in total. The first-order valence-corrected chi connectivity index (χ1v) is 14.9. The molecule has 3 atom stereocenters. The third kappa shape index (κ3) is 13.1. The maximum absolute atomic E-state index is 13.7. The number of thioether (sulfide) groups is 1. The molecule has 0 unspecified atom stereocenters. The van der Waals surface area contributed by atoms with Crippen molar-refractivity contribution in [1.29, 1.82) is 0 Å². The number of nitrogens with one attached hydrogen (secondary N) is 4. The van der Waals surface area contributed by atoms with Gasteiger partial charge in [-0.2, -0.15) is 11.8 Å². The summed E-state index contributed by atoms with van der Waals surface area (Å²) in [6.45, 7) is 14.3. The SMILES string of the molecule is CNCC(=O)N[C@H](C(=O)N[C@@H](Cc1ccccc1)[C@H](O)CN(CCC(C)C)C(=O)NC(C)(C)C)C(C)(C)SC. The molecule has 0 spiro atoms. The maximum Gasteiger partial charge on any atom is 0.317 e. The predicted octanol–water partition coefficient (Wildman–Crippen LogP) is 2.78. The molecule has 1 aromatic rings. The summed E-state index contributed by atoms with van der Waals surface area (Å²) in [6.07, 6.45) is 1.99. The van der Waals surface area contributed by atoms with Gasteiger partial charge in [-0.05, 0) is 72.2 Å².